The number of ether oxygens (including phenoxy) is 1. The van der Waals surface area contributed by atoms with Gasteiger partial charge in [0.05, 0.1) is 17.1 Å². The molecular weight excluding hydrogens is 496 g/mol. The lowest BCUT2D eigenvalue weighted by Crippen LogP contribution is -2.38. The zero-order chi connectivity index (χ0) is 27.8. The Bertz CT molecular complexity index is 1170. The molecular formula is C27H38N2O7S. The number of carboxylic acid groups (broad SMARTS) is 2. The maximum absolute atomic E-state index is 13.7. The number of hydrogen-bond donors (Lipinski definition) is 2. The molecule has 2 aromatic carbocycles. The van der Waals surface area contributed by atoms with E-state index in [1.807, 2.05) is 45.0 Å². The molecule has 0 unspecified atom stereocenters. The minimum Gasteiger partial charge on any atom is -0.489 e. The number of rotatable bonds is 9. The van der Waals surface area contributed by atoms with Crippen molar-refractivity contribution in [1.29, 1.82) is 0 Å². The first-order valence-corrected chi connectivity index (χ1v) is 13.9. The van der Waals surface area contributed by atoms with Crippen molar-refractivity contribution in [3.05, 3.63) is 52.6 Å². The summed E-state index contributed by atoms with van der Waals surface area (Å²) in [6.07, 6.45) is 3.17. The van der Waals surface area contributed by atoms with Crippen LogP contribution in [0.5, 0.6) is 5.75 Å². The molecule has 2 aromatic rings. The molecule has 1 heterocycles. The Morgan fingerprint density at radius 2 is 1.51 bits per heavy atom. The third kappa shape index (κ3) is 7.93. The summed E-state index contributed by atoms with van der Waals surface area (Å²) in [6, 6.07) is 9.86. The van der Waals surface area contributed by atoms with Gasteiger partial charge in [0.2, 0.25) is 0 Å². The summed E-state index contributed by atoms with van der Waals surface area (Å²) in [4.78, 5) is 21.1. The molecule has 0 amide bonds. The van der Waals surface area contributed by atoms with Gasteiger partial charge in [-0.15, -0.1) is 0 Å². The molecule has 9 nitrogen and oxygen atoms in total. The molecule has 204 valence electrons. The molecule has 0 aliphatic carbocycles. The van der Waals surface area contributed by atoms with Crippen LogP contribution in [0, 0.1) is 20.8 Å². The van der Waals surface area contributed by atoms with Gasteiger partial charge >= 0.3 is 11.9 Å². The first-order valence-electron chi connectivity index (χ1n) is 12.5. The molecule has 0 bridgehead atoms. The normalized spacial score (nSPS) is 12.9. The second-order valence-electron chi connectivity index (χ2n) is 9.16. The van der Waals surface area contributed by atoms with Crippen LogP contribution in [0.2, 0.25) is 0 Å². The molecule has 0 atom stereocenters. The van der Waals surface area contributed by atoms with Crippen molar-refractivity contribution in [2.75, 3.05) is 37.1 Å². The van der Waals surface area contributed by atoms with Crippen LogP contribution in [0.4, 0.5) is 5.69 Å². The highest BCUT2D eigenvalue weighted by atomic mass is 32.2. The maximum Gasteiger partial charge on any atom is 0.414 e. The van der Waals surface area contributed by atoms with Gasteiger partial charge in [-0.1, -0.05) is 37.6 Å². The lowest BCUT2D eigenvalue weighted by molar-refractivity contribution is -0.159. The molecule has 2 N–H and O–H groups in total. The van der Waals surface area contributed by atoms with Gasteiger partial charge in [-0.2, -0.15) is 0 Å². The van der Waals surface area contributed by atoms with Gasteiger partial charge in [-0.25, -0.2) is 18.0 Å². The average molecular weight is 535 g/mol. The van der Waals surface area contributed by atoms with Crippen LogP contribution in [-0.4, -0.2) is 68.3 Å². The van der Waals surface area contributed by atoms with E-state index >= 15 is 0 Å². The molecule has 37 heavy (non-hydrogen) atoms. The summed E-state index contributed by atoms with van der Waals surface area (Å²) in [5.41, 5.74) is 4.44. The van der Waals surface area contributed by atoms with Crippen LogP contribution in [0.15, 0.2) is 35.2 Å². The van der Waals surface area contributed by atoms with E-state index in [0.29, 0.717) is 29.5 Å². The van der Waals surface area contributed by atoms with E-state index in [9.17, 15) is 8.42 Å². The lowest BCUT2D eigenvalue weighted by atomic mass is 10.1. The first kappa shape index (κ1) is 30.1. The van der Waals surface area contributed by atoms with Gasteiger partial charge in [-0.05, 0) is 81.9 Å². The van der Waals surface area contributed by atoms with E-state index in [4.69, 9.17) is 24.5 Å². The summed E-state index contributed by atoms with van der Waals surface area (Å²) in [6.45, 7) is 14.0. The van der Waals surface area contributed by atoms with Crippen LogP contribution in [0.1, 0.15) is 48.9 Å². The van der Waals surface area contributed by atoms with Gasteiger partial charge in [0.25, 0.3) is 10.0 Å². The Hall–Kier alpha value is -3.11. The standard InChI is InChI=1S/C25H36N2O3S.C2H2O4/c1-6-11-26(12-7-2)13-10-22-8-9-24-23(18-22)27(14-15-30-24)31(28,29)25-20(4)16-19(3)17-21(25)5;3-1(4)2(5)6/h8-9,16-18H,6-7,10-15H2,1-5H3;(H,3,4)(H,5,6). The van der Waals surface area contributed by atoms with Crippen molar-refractivity contribution in [3.8, 4) is 5.75 Å². The zero-order valence-electron chi connectivity index (χ0n) is 22.3. The molecule has 1 aliphatic rings. The molecule has 3 rings (SSSR count). The van der Waals surface area contributed by atoms with Gasteiger partial charge in [0.1, 0.15) is 12.4 Å². The molecule has 0 saturated heterocycles. The maximum atomic E-state index is 13.7. The number of carboxylic acids is 2. The smallest absolute Gasteiger partial charge is 0.414 e. The number of fused-ring (bicyclic) bond motifs is 1. The van der Waals surface area contributed by atoms with Crippen LogP contribution in [0.3, 0.4) is 0 Å². The fraction of sp³-hybridized carbons (Fsp3) is 0.481. The van der Waals surface area contributed by atoms with Crippen LogP contribution in [0.25, 0.3) is 0 Å². The fourth-order valence-corrected chi connectivity index (χ4v) is 6.45. The number of sulfonamides is 1. The van der Waals surface area contributed by atoms with Crippen molar-refractivity contribution in [3.63, 3.8) is 0 Å². The number of anilines is 1. The number of aliphatic carboxylic acids is 2. The minimum atomic E-state index is -3.68. The molecule has 10 heteroatoms. The minimum absolute atomic E-state index is 0.323. The Morgan fingerprint density at radius 1 is 0.946 bits per heavy atom. The Morgan fingerprint density at radius 3 is 2.03 bits per heavy atom. The molecule has 0 saturated carbocycles. The van der Waals surface area contributed by atoms with Gasteiger partial charge in [0, 0.05) is 6.54 Å². The summed E-state index contributed by atoms with van der Waals surface area (Å²) in [5, 5.41) is 14.8. The van der Waals surface area contributed by atoms with Crippen molar-refractivity contribution in [2.24, 2.45) is 0 Å². The number of aryl methyl sites for hydroxylation is 3. The summed E-state index contributed by atoms with van der Waals surface area (Å²) in [7, 11) is -3.68. The van der Waals surface area contributed by atoms with Crippen molar-refractivity contribution in [1.82, 2.24) is 4.90 Å². The van der Waals surface area contributed by atoms with E-state index in [1.165, 1.54) is 4.31 Å². The predicted molar refractivity (Wildman–Crippen MR) is 143 cm³/mol. The van der Waals surface area contributed by atoms with Crippen LogP contribution >= 0.6 is 0 Å². The summed E-state index contributed by atoms with van der Waals surface area (Å²) < 4.78 is 34.8. The second-order valence-corrected chi connectivity index (χ2v) is 11.0. The van der Waals surface area contributed by atoms with Crippen LogP contribution < -0.4 is 9.04 Å². The molecule has 0 spiro atoms. The monoisotopic (exact) mass is 534 g/mol. The van der Waals surface area contributed by atoms with E-state index < -0.39 is 22.0 Å². The highest BCUT2D eigenvalue weighted by molar-refractivity contribution is 7.93. The number of benzene rings is 2. The summed E-state index contributed by atoms with van der Waals surface area (Å²) >= 11 is 0. The highest BCUT2D eigenvalue weighted by Gasteiger charge is 2.32. The van der Waals surface area contributed by atoms with E-state index in [1.54, 1.807) is 0 Å². The molecule has 0 aromatic heterocycles. The SMILES string of the molecule is CCCN(CCC)CCc1ccc2c(c1)N(S(=O)(=O)c1c(C)cc(C)cc1C)CCO2.O=C(O)C(=O)O. The number of hydrogen-bond acceptors (Lipinski definition) is 6. The van der Waals surface area contributed by atoms with Crippen molar-refractivity contribution in [2.45, 2.75) is 58.8 Å². The summed E-state index contributed by atoms with van der Waals surface area (Å²) in [5.74, 6) is -3.01. The first-order chi connectivity index (χ1) is 17.4. The fourth-order valence-electron chi connectivity index (χ4n) is 4.58. The lowest BCUT2D eigenvalue weighted by Gasteiger charge is -2.32. The van der Waals surface area contributed by atoms with E-state index in [-0.39, 0.29) is 0 Å². The Labute approximate surface area is 219 Å². The zero-order valence-corrected chi connectivity index (χ0v) is 23.1. The number of nitrogens with zero attached hydrogens (tertiary/aromatic N) is 2. The van der Waals surface area contributed by atoms with E-state index in [2.05, 4.69) is 24.8 Å². The van der Waals surface area contributed by atoms with Gasteiger partial charge in [-0.3, -0.25) is 4.31 Å². The quantitative estimate of drug-likeness (QED) is 0.462. The van der Waals surface area contributed by atoms with Crippen molar-refractivity contribution >= 4 is 27.6 Å². The van der Waals surface area contributed by atoms with Crippen LogP contribution in [-0.2, 0) is 26.0 Å². The topological polar surface area (TPSA) is 124 Å². The van der Waals surface area contributed by atoms with Gasteiger partial charge in [0.15, 0.2) is 0 Å². The largest absolute Gasteiger partial charge is 0.489 e. The third-order valence-corrected chi connectivity index (χ3v) is 8.10. The number of carbonyl (C=O) groups is 2. The predicted octanol–water partition coefficient (Wildman–Crippen LogP) is 4.02. The Balaban J connectivity index is 0.000000717. The van der Waals surface area contributed by atoms with Gasteiger partial charge < -0.3 is 19.8 Å². The molecule has 1 aliphatic heterocycles. The third-order valence-electron chi connectivity index (χ3n) is 5.98. The molecule has 0 radical (unpaired) electrons. The van der Waals surface area contributed by atoms with Crippen molar-refractivity contribution < 1.29 is 33.0 Å². The van der Waals surface area contributed by atoms with E-state index in [0.717, 1.165) is 61.2 Å². The highest BCUT2D eigenvalue weighted by Crippen LogP contribution is 2.37. The molecule has 0 fully saturated rings. The second kappa shape index (κ2) is 13.4. The Kier molecular flexibility index (Phi) is 10.9. The average Bonchev–Trinajstić information content (AvgIpc) is 2.81.